The van der Waals surface area contributed by atoms with Crippen molar-refractivity contribution in [2.24, 2.45) is 22.2 Å². The second-order valence-corrected chi connectivity index (χ2v) is 7.29. The van der Waals surface area contributed by atoms with E-state index in [0.717, 1.165) is 16.9 Å². The molecular weight excluding hydrogens is 388 g/mol. The molecule has 1 aliphatic heterocycles. The standard InChI is InChI=1S/C20H30N6O4/c21-14(12-13-6-2-1-3-7-13)17(27)26(18(28)15-8-4-10-24-15)16(19(29)30)9-5-11-25-20(22)23/h1-3,6-7,14-16,24H,4-5,8-12,21H2,(H,29,30)(H4,22,23,25). The maximum atomic E-state index is 13.2. The first kappa shape index (κ1) is 23.3. The van der Waals surface area contributed by atoms with E-state index in [1.807, 2.05) is 30.3 Å². The minimum absolute atomic E-state index is 0.0222. The molecule has 0 radical (unpaired) electrons. The first-order valence-corrected chi connectivity index (χ1v) is 9.99. The largest absolute Gasteiger partial charge is 0.480 e. The predicted octanol–water partition coefficient (Wildman–Crippen LogP) is -0.830. The highest BCUT2D eigenvalue weighted by Gasteiger charge is 2.40. The Labute approximate surface area is 175 Å². The van der Waals surface area contributed by atoms with E-state index in [4.69, 9.17) is 17.2 Å². The first-order chi connectivity index (χ1) is 14.3. The van der Waals surface area contributed by atoms with Crippen LogP contribution in [0, 0.1) is 0 Å². The molecule has 1 aromatic carbocycles. The van der Waals surface area contributed by atoms with Crippen molar-refractivity contribution in [3.8, 4) is 0 Å². The molecule has 0 bridgehead atoms. The van der Waals surface area contributed by atoms with Crippen LogP contribution >= 0.6 is 0 Å². The predicted molar refractivity (Wildman–Crippen MR) is 112 cm³/mol. The van der Waals surface area contributed by atoms with Gasteiger partial charge in [0.15, 0.2) is 5.96 Å². The third-order valence-electron chi connectivity index (χ3n) is 4.98. The SMILES string of the molecule is NC(N)=NCCCC(C(=O)O)N(C(=O)C(N)Cc1ccccc1)C(=O)C1CCCN1. The van der Waals surface area contributed by atoms with Gasteiger partial charge in [-0.3, -0.25) is 19.5 Å². The van der Waals surface area contributed by atoms with Gasteiger partial charge in [0, 0.05) is 6.54 Å². The van der Waals surface area contributed by atoms with E-state index in [1.54, 1.807) is 0 Å². The number of aliphatic carboxylic acids is 1. The molecule has 2 rings (SSSR count). The third-order valence-corrected chi connectivity index (χ3v) is 4.98. The Morgan fingerprint density at radius 1 is 1.23 bits per heavy atom. The van der Waals surface area contributed by atoms with Gasteiger partial charge in [0.05, 0.1) is 12.1 Å². The molecule has 164 valence electrons. The molecule has 0 aromatic heterocycles. The number of nitrogens with one attached hydrogen (secondary N) is 1. The molecule has 8 N–H and O–H groups in total. The normalized spacial score (nSPS) is 17.7. The summed E-state index contributed by atoms with van der Waals surface area (Å²) in [5.74, 6) is -2.64. The monoisotopic (exact) mass is 418 g/mol. The van der Waals surface area contributed by atoms with Gasteiger partial charge in [-0.05, 0) is 44.2 Å². The minimum atomic E-state index is -1.34. The highest BCUT2D eigenvalue weighted by Crippen LogP contribution is 2.17. The van der Waals surface area contributed by atoms with Crippen LogP contribution in [0.2, 0.25) is 0 Å². The number of nitrogens with two attached hydrogens (primary N) is 3. The van der Waals surface area contributed by atoms with Crippen molar-refractivity contribution >= 4 is 23.7 Å². The molecule has 1 aliphatic rings. The van der Waals surface area contributed by atoms with Gasteiger partial charge < -0.3 is 27.6 Å². The number of benzene rings is 1. The lowest BCUT2D eigenvalue weighted by molar-refractivity contribution is -0.159. The van der Waals surface area contributed by atoms with E-state index in [-0.39, 0.29) is 31.8 Å². The summed E-state index contributed by atoms with van der Waals surface area (Å²) >= 11 is 0. The van der Waals surface area contributed by atoms with Gasteiger partial charge in [0.25, 0.3) is 0 Å². The van der Waals surface area contributed by atoms with E-state index in [1.165, 1.54) is 0 Å². The summed E-state index contributed by atoms with van der Waals surface area (Å²) in [7, 11) is 0. The van der Waals surface area contributed by atoms with E-state index in [0.29, 0.717) is 13.0 Å². The Morgan fingerprint density at radius 3 is 2.50 bits per heavy atom. The molecular formula is C20H30N6O4. The number of rotatable bonds is 10. The molecule has 30 heavy (non-hydrogen) atoms. The van der Waals surface area contributed by atoms with Gasteiger partial charge in [-0.15, -0.1) is 0 Å². The zero-order valence-electron chi connectivity index (χ0n) is 16.9. The lowest BCUT2D eigenvalue weighted by atomic mass is 10.0. The number of imide groups is 1. The van der Waals surface area contributed by atoms with Crippen LogP contribution in [0.1, 0.15) is 31.2 Å². The molecule has 1 fully saturated rings. The molecule has 3 unspecified atom stereocenters. The molecule has 3 atom stereocenters. The molecule has 10 nitrogen and oxygen atoms in total. The number of nitrogens with zero attached hydrogens (tertiary/aromatic N) is 2. The second kappa shape index (κ2) is 11.3. The van der Waals surface area contributed by atoms with Crippen LogP contribution in [0.4, 0.5) is 0 Å². The molecule has 1 saturated heterocycles. The molecule has 1 heterocycles. The summed E-state index contributed by atoms with van der Waals surface area (Å²) in [6.07, 6.45) is 1.82. The molecule has 2 amide bonds. The zero-order valence-corrected chi connectivity index (χ0v) is 16.9. The number of amides is 2. The summed E-state index contributed by atoms with van der Waals surface area (Å²) in [6, 6.07) is 6.14. The van der Waals surface area contributed by atoms with Gasteiger partial charge in [-0.1, -0.05) is 30.3 Å². The summed E-state index contributed by atoms with van der Waals surface area (Å²) < 4.78 is 0. The van der Waals surface area contributed by atoms with Gasteiger partial charge in [0.2, 0.25) is 11.8 Å². The minimum Gasteiger partial charge on any atom is -0.480 e. The lowest BCUT2D eigenvalue weighted by Crippen LogP contribution is -2.58. The van der Waals surface area contributed by atoms with Crippen LogP contribution in [-0.2, 0) is 20.8 Å². The van der Waals surface area contributed by atoms with Crippen molar-refractivity contribution in [2.45, 2.75) is 50.2 Å². The average Bonchev–Trinajstić information content (AvgIpc) is 3.24. The Bertz CT molecular complexity index is 760. The fraction of sp³-hybridized carbons (Fsp3) is 0.500. The van der Waals surface area contributed by atoms with E-state index >= 15 is 0 Å². The molecule has 0 aliphatic carbocycles. The van der Waals surface area contributed by atoms with Crippen LogP contribution in [0.15, 0.2) is 35.3 Å². The van der Waals surface area contributed by atoms with Gasteiger partial charge in [0.1, 0.15) is 6.04 Å². The molecule has 1 aromatic rings. The number of carbonyl (C=O) groups excluding carboxylic acids is 2. The fourth-order valence-electron chi connectivity index (χ4n) is 3.47. The van der Waals surface area contributed by atoms with Crippen molar-refractivity contribution in [3.63, 3.8) is 0 Å². The van der Waals surface area contributed by atoms with E-state index in [2.05, 4.69) is 10.3 Å². The fourth-order valence-corrected chi connectivity index (χ4v) is 3.47. The number of hydrogen-bond donors (Lipinski definition) is 5. The highest BCUT2D eigenvalue weighted by atomic mass is 16.4. The smallest absolute Gasteiger partial charge is 0.326 e. The number of carboxylic acid groups (broad SMARTS) is 1. The maximum Gasteiger partial charge on any atom is 0.326 e. The van der Waals surface area contributed by atoms with Crippen molar-refractivity contribution in [3.05, 3.63) is 35.9 Å². The van der Waals surface area contributed by atoms with Crippen molar-refractivity contribution < 1.29 is 19.5 Å². The number of carbonyl (C=O) groups is 3. The van der Waals surface area contributed by atoms with Gasteiger partial charge in [-0.2, -0.15) is 0 Å². The Kier molecular flexibility index (Phi) is 8.75. The van der Waals surface area contributed by atoms with Crippen LogP contribution in [0.5, 0.6) is 0 Å². The maximum absolute atomic E-state index is 13.2. The van der Waals surface area contributed by atoms with Gasteiger partial charge >= 0.3 is 5.97 Å². The topological polar surface area (TPSA) is 177 Å². The zero-order chi connectivity index (χ0) is 22.1. The number of carboxylic acids is 1. The van der Waals surface area contributed by atoms with Crippen molar-refractivity contribution in [1.29, 1.82) is 0 Å². The Hall–Kier alpha value is -2.98. The lowest BCUT2D eigenvalue weighted by Gasteiger charge is -2.31. The third kappa shape index (κ3) is 6.53. The Morgan fingerprint density at radius 2 is 1.93 bits per heavy atom. The summed E-state index contributed by atoms with van der Waals surface area (Å²) in [4.78, 5) is 42.9. The second-order valence-electron chi connectivity index (χ2n) is 7.29. The molecule has 0 spiro atoms. The number of guanidine groups is 1. The average molecular weight is 418 g/mol. The van der Waals surface area contributed by atoms with Crippen LogP contribution < -0.4 is 22.5 Å². The quantitative estimate of drug-likeness (QED) is 0.186. The summed E-state index contributed by atoms with van der Waals surface area (Å²) in [5.41, 5.74) is 17.5. The number of hydrogen-bond acceptors (Lipinski definition) is 6. The molecule has 10 heteroatoms. The van der Waals surface area contributed by atoms with E-state index < -0.39 is 35.9 Å². The highest BCUT2D eigenvalue weighted by molar-refractivity contribution is 6.03. The summed E-state index contributed by atoms with van der Waals surface area (Å²) in [6.45, 7) is 0.830. The van der Waals surface area contributed by atoms with Crippen LogP contribution in [0.25, 0.3) is 0 Å². The summed E-state index contributed by atoms with van der Waals surface area (Å²) in [5, 5.41) is 12.8. The van der Waals surface area contributed by atoms with E-state index in [9.17, 15) is 19.5 Å². The van der Waals surface area contributed by atoms with Gasteiger partial charge in [-0.25, -0.2) is 4.79 Å². The Balaban J connectivity index is 2.22. The van der Waals surface area contributed by atoms with Crippen molar-refractivity contribution in [1.82, 2.24) is 10.2 Å². The first-order valence-electron chi connectivity index (χ1n) is 9.99. The van der Waals surface area contributed by atoms with Crippen molar-refractivity contribution in [2.75, 3.05) is 13.1 Å². The van der Waals surface area contributed by atoms with Crippen LogP contribution in [0.3, 0.4) is 0 Å². The van der Waals surface area contributed by atoms with Crippen LogP contribution in [-0.4, -0.2) is 65.0 Å². The number of aliphatic imine (C=N–C) groups is 1. The molecule has 0 saturated carbocycles.